The van der Waals surface area contributed by atoms with Gasteiger partial charge in [0, 0.05) is 17.2 Å². The number of nitrogens with one attached hydrogen (secondary N) is 1. The maximum absolute atomic E-state index is 12.6. The largest absolute Gasteiger partial charge is 0.482 e. The molecule has 0 aliphatic carbocycles. The molecule has 3 aromatic carbocycles. The Balaban J connectivity index is 1.36. The molecule has 180 valence electrons. The molecule has 0 amide bonds. The van der Waals surface area contributed by atoms with Gasteiger partial charge < -0.3 is 15.2 Å². The van der Waals surface area contributed by atoms with Crippen LogP contribution in [0.15, 0.2) is 82.6 Å². The number of carboxylic acids is 1. The first kappa shape index (κ1) is 25.8. The molecule has 8 heteroatoms. The van der Waals surface area contributed by atoms with E-state index in [1.807, 2.05) is 61.5 Å². The first-order valence-corrected chi connectivity index (χ1v) is 13.7. The lowest BCUT2D eigenvalue weighted by atomic mass is 10.1. The summed E-state index contributed by atoms with van der Waals surface area (Å²) in [5.74, 6) is 0.510. The molecule has 3 rings (SSSR count). The topological polar surface area (TPSA) is 92.7 Å². The van der Waals surface area contributed by atoms with Crippen molar-refractivity contribution in [3.63, 3.8) is 0 Å². The summed E-state index contributed by atoms with van der Waals surface area (Å²) in [5.41, 5.74) is 2.95. The highest BCUT2D eigenvalue weighted by atomic mass is 32.2. The third-order valence-electron chi connectivity index (χ3n) is 5.13. The van der Waals surface area contributed by atoms with Crippen molar-refractivity contribution < 1.29 is 23.1 Å². The molecule has 6 nitrogen and oxygen atoms in total. The molecule has 3 aromatic rings. The van der Waals surface area contributed by atoms with Gasteiger partial charge in [0.25, 0.3) is 0 Å². The number of aliphatic carboxylic acids is 1. The highest BCUT2D eigenvalue weighted by Crippen LogP contribution is 2.25. The molecule has 0 aliphatic rings. The summed E-state index contributed by atoms with van der Waals surface area (Å²) in [6.07, 6.45) is 0.544. The zero-order valence-corrected chi connectivity index (χ0v) is 20.7. The summed E-state index contributed by atoms with van der Waals surface area (Å²) in [6.45, 7) is 2.91. The maximum Gasteiger partial charge on any atom is 0.341 e. The van der Waals surface area contributed by atoms with Crippen molar-refractivity contribution in [3.05, 3.63) is 78.4 Å². The molecule has 0 atom stereocenters. The van der Waals surface area contributed by atoms with E-state index in [1.165, 1.54) is 0 Å². The summed E-state index contributed by atoms with van der Waals surface area (Å²) >= 11 is 1.67. The lowest BCUT2D eigenvalue weighted by Crippen LogP contribution is -2.21. The molecule has 0 aliphatic heterocycles. The van der Waals surface area contributed by atoms with E-state index in [4.69, 9.17) is 9.84 Å². The van der Waals surface area contributed by atoms with Gasteiger partial charge >= 0.3 is 5.97 Å². The van der Waals surface area contributed by atoms with E-state index in [0.717, 1.165) is 33.9 Å². The van der Waals surface area contributed by atoms with Crippen LogP contribution in [0.3, 0.4) is 0 Å². The fourth-order valence-corrected chi connectivity index (χ4v) is 5.59. The number of thioether (sulfide) groups is 1. The zero-order chi connectivity index (χ0) is 24.4. The van der Waals surface area contributed by atoms with Gasteiger partial charge in [0.2, 0.25) is 0 Å². The zero-order valence-electron chi connectivity index (χ0n) is 19.1. The Hall–Kier alpha value is -2.81. The molecular weight excluding hydrogens is 470 g/mol. The standard InChI is InChI=1S/C26H29NO5S2/c1-20-18-23(10-13-25(20)32-19-26(28)29)33-16-15-27-14-5-17-34(30,31)24-11-8-22(9-12-24)21-6-3-2-4-7-21/h2-4,6-13,18,27H,5,14-17,19H2,1H3,(H,28,29). The molecule has 34 heavy (non-hydrogen) atoms. The predicted octanol–water partition coefficient (Wildman–Crippen LogP) is 4.67. The van der Waals surface area contributed by atoms with Crippen LogP contribution in [-0.4, -0.2) is 50.7 Å². The molecular formula is C26H29NO5S2. The minimum absolute atomic E-state index is 0.106. The SMILES string of the molecule is Cc1cc(SCCNCCCS(=O)(=O)c2ccc(-c3ccccc3)cc2)ccc1OCC(=O)O. The number of sulfone groups is 1. The second-order valence-electron chi connectivity index (χ2n) is 7.77. The van der Waals surface area contributed by atoms with Gasteiger partial charge in [-0.2, -0.15) is 0 Å². The monoisotopic (exact) mass is 499 g/mol. The second kappa shape index (κ2) is 12.6. The molecule has 0 bridgehead atoms. The van der Waals surface area contributed by atoms with Crippen LogP contribution in [0, 0.1) is 6.92 Å². The van der Waals surface area contributed by atoms with Gasteiger partial charge in [-0.3, -0.25) is 0 Å². The number of benzene rings is 3. The summed E-state index contributed by atoms with van der Waals surface area (Å²) in [5, 5.41) is 12.0. The van der Waals surface area contributed by atoms with Gasteiger partial charge in [0.1, 0.15) is 5.75 Å². The van der Waals surface area contributed by atoms with Crippen molar-refractivity contribution in [3.8, 4) is 16.9 Å². The molecule has 0 fully saturated rings. The van der Waals surface area contributed by atoms with Gasteiger partial charge in [-0.15, -0.1) is 11.8 Å². The van der Waals surface area contributed by atoms with E-state index >= 15 is 0 Å². The van der Waals surface area contributed by atoms with E-state index in [9.17, 15) is 13.2 Å². The predicted molar refractivity (Wildman–Crippen MR) is 136 cm³/mol. The average molecular weight is 500 g/mol. The van der Waals surface area contributed by atoms with E-state index in [0.29, 0.717) is 23.6 Å². The Morgan fingerprint density at radius 1 is 0.971 bits per heavy atom. The van der Waals surface area contributed by atoms with Crippen LogP contribution in [0.2, 0.25) is 0 Å². The van der Waals surface area contributed by atoms with Crippen molar-refractivity contribution in [2.45, 2.75) is 23.1 Å². The smallest absolute Gasteiger partial charge is 0.341 e. The Kier molecular flexibility index (Phi) is 9.56. The first-order chi connectivity index (χ1) is 16.3. The quantitative estimate of drug-likeness (QED) is 0.261. The number of hydrogen-bond donors (Lipinski definition) is 2. The number of aryl methyl sites for hydroxylation is 1. The highest BCUT2D eigenvalue weighted by molar-refractivity contribution is 7.99. The van der Waals surface area contributed by atoms with Gasteiger partial charge in [-0.25, -0.2) is 13.2 Å². The fourth-order valence-electron chi connectivity index (χ4n) is 3.37. The summed E-state index contributed by atoms with van der Waals surface area (Å²) < 4.78 is 30.5. The normalized spacial score (nSPS) is 11.3. The van der Waals surface area contributed by atoms with Crippen LogP contribution in [0.4, 0.5) is 0 Å². The Labute approximate surface area is 205 Å². The average Bonchev–Trinajstić information content (AvgIpc) is 2.83. The first-order valence-electron chi connectivity index (χ1n) is 11.0. The van der Waals surface area contributed by atoms with Gasteiger partial charge in [-0.05, 0) is 66.9 Å². The number of carbonyl (C=O) groups is 1. The van der Waals surface area contributed by atoms with Crippen LogP contribution in [0.1, 0.15) is 12.0 Å². The number of hydrogen-bond acceptors (Lipinski definition) is 6. The molecule has 0 radical (unpaired) electrons. The highest BCUT2D eigenvalue weighted by Gasteiger charge is 2.14. The lowest BCUT2D eigenvalue weighted by Gasteiger charge is -2.10. The van der Waals surface area contributed by atoms with Crippen molar-refractivity contribution in [2.24, 2.45) is 0 Å². The van der Waals surface area contributed by atoms with E-state index < -0.39 is 15.8 Å². The molecule has 0 aromatic heterocycles. The number of rotatable bonds is 13. The van der Waals surface area contributed by atoms with Crippen LogP contribution in [0.5, 0.6) is 5.75 Å². The van der Waals surface area contributed by atoms with Crippen LogP contribution in [-0.2, 0) is 14.6 Å². The fraction of sp³-hybridized carbons (Fsp3) is 0.269. The summed E-state index contributed by atoms with van der Waals surface area (Å²) in [7, 11) is -3.31. The molecule has 0 saturated heterocycles. The molecule has 0 saturated carbocycles. The van der Waals surface area contributed by atoms with Crippen molar-refractivity contribution in [2.75, 3.05) is 31.2 Å². The Bertz CT molecular complexity index is 1180. The third kappa shape index (κ3) is 7.90. The van der Waals surface area contributed by atoms with Crippen LogP contribution in [0.25, 0.3) is 11.1 Å². The van der Waals surface area contributed by atoms with Crippen LogP contribution >= 0.6 is 11.8 Å². The lowest BCUT2D eigenvalue weighted by molar-refractivity contribution is -0.139. The van der Waals surface area contributed by atoms with Gasteiger partial charge in [0.15, 0.2) is 16.4 Å². The van der Waals surface area contributed by atoms with E-state index in [2.05, 4.69) is 5.32 Å². The minimum Gasteiger partial charge on any atom is -0.482 e. The van der Waals surface area contributed by atoms with Gasteiger partial charge in [-0.1, -0.05) is 42.5 Å². The van der Waals surface area contributed by atoms with Gasteiger partial charge in [0.05, 0.1) is 10.6 Å². The molecule has 0 unspecified atom stereocenters. The minimum atomic E-state index is -3.31. The van der Waals surface area contributed by atoms with E-state index in [-0.39, 0.29) is 12.4 Å². The molecule has 0 spiro atoms. The Morgan fingerprint density at radius 2 is 1.68 bits per heavy atom. The van der Waals surface area contributed by atoms with Crippen molar-refractivity contribution in [1.29, 1.82) is 0 Å². The number of ether oxygens (including phenoxy) is 1. The molecule has 2 N–H and O–H groups in total. The van der Waals surface area contributed by atoms with E-state index in [1.54, 1.807) is 30.0 Å². The summed E-state index contributed by atoms with van der Waals surface area (Å²) in [4.78, 5) is 12.0. The van der Waals surface area contributed by atoms with Crippen LogP contribution < -0.4 is 10.1 Å². The third-order valence-corrected chi connectivity index (χ3v) is 7.94. The second-order valence-corrected chi connectivity index (χ2v) is 11.0. The summed E-state index contributed by atoms with van der Waals surface area (Å²) in [6, 6.07) is 22.6. The van der Waals surface area contributed by atoms with Crippen molar-refractivity contribution >= 4 is 27.6 Å². The van der Waals surface area contributed by atoms with Crippen molar-refractivity contribution in [1.82, 2.24) is 5.32 Å². The number of carboxylic acid groups (broad SMARTS) is 1. The maximum atomic E-state index is 12.6. The Morgan fingerprint density at radius 3 is 2.35 bits per heavy atom. The molecule has 0 heterocycles.